The molecule has 1 aromatic carbocycles. The van der Waals surface area contributed by atoms with Crippen LogP contribution in [0.4, 0.5) is 0 Å². The number of carbonyl (C=O) groups is 2. The average molecular weight is 756 g/mol. The lowest BCUT2D eigenvalue weighted by Crippen LogP contribution is -2.59. The highest BCUT2D eigenvalue weighted by Crippen LogP contribution is 2.63. The molecule has 1 aromatic rings. The molecule has 0 bridgehead atoms. The first-order valence-corrected chi connectivity index (χ1v) is 19.8. The van der Waals surface area contributed by atoms with Crippen molar-refractivity contribution in [2.45, 2.75) is 115 Å². The number of nitrogens with one attached hydrogen (secondary N) is 2. The molecule has 7 unspecified atom stereocenters. The van der Waals surface area contributed by atoms with Crippen molar-refractivity contribution < 1.29 is 34.8 Å². The van der Waals surface area contributed by atoms with Crippen LogP contribution in [0, 0.1) is 29.1 Å². The van der Waals surface area contributed by atoms with Crippen LogP contribution in [0.5, 0.6) is 0 Å². The van der Waals surface area contributed by atoms with Crippen molar-refractivity contribution >= 4 is 11.7 Å². The number of ketones is 1. The van der Waals surface area contributed by atoms with Gasteiger partial charge >= 0.3 is 0 Å². The number of aliphatic hydroxyl groups excluding tert-OH is 2. The van der Waals surface area contributed by atoms with Crippen LogP contribution in [-0.4, -0.2) is 75.9 Å². The zero-order valence-corrected chi connectivity index (χ0v) is 33.0. The highest BCUT2D eigenvalue weighted by atomic mass is 16.5. The maximum absolute atomic E-state index is 14.2. The molecule has 2 fully saturated rings. The lowest BCUT2D eigenvalue weighted by atomic mass is 9.52. The number of allylic oxidation sites excluding steroid dienone is 5. The number of benzene rings is 1. The van der Waals surface area contributed by atoms with Crippen LogP contribution in [0.25, 0.3) is 0 Å². The summed E-state index contributed by atoms with van der Waals surface area (Å²) in [6.45, 7) is 12.6. The molecule has 10 nitrogen and oxygen atoms in total. The fourth-order valence-corrected chi connectivity index (χ4v) is 9.52. The Hall–Kier alpha value is -3.66. The number of rotatable bonds is 9. The lowest BCUT2D eigenvalue weighted by Gasteiger charge is -2.55. The summed E-state index contributed by atoms with van der Waals surface area (Å²) in [4.78, 5) is 26.6. The summed E-state index contributed by atoms with van der Waals surface area (Å²) in [5.41, 5.74) is 8.84. The number of hydrogen-bond acceptors (Lipinski definition) is 9. The SMILES string of the molecule is C=C1C=CC=C(C2CCC3(C(CCCO)C(=C(C)C(=O)Cc4cccc5c4CC(=O)NC5N)CCC3(C)O)C2O)COCC#CCC(C)=CCC1(O)NCC. The van der Waals surface area contributed by atoms with E-state index in [9.17, 15) is 30.0 Å². The van der Waals surface area contributed by atoms with Crippen LogP contribution in [0.15, 0.2) is 76.9 Å². The second kappa shape index (κ2) is 18.1. The topological polar surface area (TPSA) is 174 Å². The Balaban J connectivity index is 1.49. The van der Waals surface area contributed by atoms with Crippen molar-refractivity contribution in [2.75, 3.05) is 26.4 Å². The fraction of sp³-hybridized carbons (Fsp3) is 0.556. The standard InChI is InChI=1S/C45H61N3O7/c1-6-47-45(54)23-18-29(2)12-7-8-25-55-28-33(15-9-13-30(45)3)35-20-22-44(41(35)52)38(17-11-24-49)34(19-21-43(44,5)53)31(4)39(50)26-32-14-10-16-36-37(32)27-40(51)48-42(36)46/h9-10,13-16,18,35,38,41-42,47,49,52-54H,3,6,11-12,17,19-28,46H2,1-2,4-5H3,(H,48,51). The number of fused-ring (bicyclic) bond motifs is 1. The zero-order valence-electron chi connectivity index (χ0n) is 33.0. The summed E-state index contributed by atoms with van der Waals surface area (Å²) in [5, 5.41) is 52.4. The van der Waals surface area contributed by atoms with Crippen LogP contribution in [-0.2, 0) is 27.2 Å². The van der Waals surface area contributed by atoms with Crippen molar-refractivity contribution in [3.8, 4) is 11.8 Å². The van der Waals surface area contributed by atoms with Gasteiger partial charge in [0, 0.05) is 37.2 Å². The van der Waals surface area contributed by atoms with Crippen molar-refractivity contribution in [2.24, 2.45) is 23.0 Å². The number of nitrogens with two attached hydrogens (primary N) is 1. The van der Waals surface area contributed by atoms with E-state index in [4.69, 9.17) is 10.5 Å². The highest BCUT2D eigenvalue weighted by molar-refractivity contribution is 5.97. The molecule has 7 atom stereocenters. The van der Waals surface area contributed by atoms with E-state index < -0.39 is 29.0 Å². The van der Waals surface area contributed by atoms with E-state index >= 15 is 0 Å². The molecule has 55 heavy (non-hydrogen) atoms. The van der Waals surface area contributed by atoms with Crippen molar-refractivity contribution in [3.05, 3.63) is 93.6 Å². The van der Waals surface area contributed by atoms with Gasteiger partial charge in [0.05, 0.1) is 24.7 Å². The monoisotopic (exact) mass is 755 g/mol. The molecule has 8 N–H and O–H groups in total. The number of aliphatic hydroxyl groups is 4. The van der Waals surface area contributed by atoms with Crippen LogP contribution in [0.3, 0.4) is 0 Å². The van der Waals surface area contributed by atoms with Gasteiger partial charge in [0.1, 0.15) is 18.5 Å². The zero-order chi connectivity index (χ0) is 40.0. The minimum atomic E-state index is -1.35. The van der Waals surface area contributed by atoms with E-state index in [0.717, 1.165) is 33.4 Å². The Morgan fingerprint density at radius 3 is 2.75 bits per heavy atom. The highest BCUT2D eigenvalue weighted by Gasteiger charge is 2.64. The molecule has 2 aliphatic carbocycles. The summed E-state index contributed by atoms with van der Waals surface area (Å²) >= 11 is 0. The number of ether oxygens (including phenoxy) is 1. The number of amides is 1. The number of likely N-dealkylation sites (N-methyl/N-ethyl adjacent to an activating group) is 1. The van der Waals surface area contributed by atoms with Gasteiger partial charge < -0.3 is 36.2 Å². The Morgan fingerprint density at radius 1 is 1.22 bits per heavy atom. The lowest BCUT2D eigenvalue weighted by molar-refractivity contribution is -0.167. The van der Waals surface area contributed by atoms with Crippen LogP contribution in [0.2, 0.25) is 0 Å². The number of carbonyl (C=O) groups excluding carboxylic acids is 2. The number of hydrogen-bond donors (Lipinski definition) is 7. The van der Waals surface area contributed by atoms with E-state index in [1.54, 1.807) is 13.0 Å². The molecular weight excluding hydrogens is 695 g/mol. The van der Waals surface area contributed by atoms with Gasteiger partial charge in [-0.2, -0.15) is 0 Å². The first-order valence-electron chi connectivity index (χ1n) is 19.8. The van der Waals surface area contributed by atoms with Crippen molar-refractivity contribution in [1.29, 1.82) is 0 Å². The van der Waals surface area contributed by atoms with Crippen LogP contribution in [0.1, 0.15) is 102 Å². The summed E-state index contributed by atoms with van der Waals surface area (Å²) in [5.74, 6) is 5.23. The van der Waals surface area contributed by atoms with Crippen molar-refractivity contribution in [3.63, 3.8) is 0 Å². The van der Waals surface area contributed by atoms with Gasteiger partial charge in [0.15, 0.2) is 5.78 Å². The predicted octanol–water partition coefficient (Wildman–Crippen LogP) is 4.53. The normalized spacial score (nSPS) is 32.7. The molecule has 2 aliphatic heterocycles. The molecule has 298 valence electrons. The molecule has 4 aliphatic rings. The molecule has 0 radical (unpaired) electrons. The Labute approximate surface area is 326 Å². The second-order valence-electron chi connectivity index (χ2n) is 16.1. The molecular formula is C45H61N3O7. The third-order valence-corrected chi connectivity index (χ3v) is 12.7. The fourth-order valence-electron chi connectivity index (χ4n) is 9.52. The molecule has 1 spiro atoms. The molecule has 1 amide bonds. The quantitative estimate of drug-likeness (QED) is 0.0827. The summed E-state index contributed by atoms with van der Waals surface area (Å²) in [6, 6.07) is 5.61. The van der Waals surface area contributed by atoms with E-state index in [-0.39, 0.29) is 56.2 Å². The minimum Gasteiger partial charge on any atom is -0.396 e. The Bertz CT molecular complexity index is 1810. The van der Waals surface area contributed by atoms with Gasteiger partial charge in [-0.25, -0.2) is 0 Å². The number of Topliss-reactive ketones (excluding diaryl/α,β-unsaturated/α-hetero) is 1. The molecule has 10 heteroatoms. The molecule has 5 rings (SSSR count). The molecule has 2 heterocycles. The van der Waals surface area contributed by atoms with Gasteiger partial charge in [-0.05, 0) is 105 Å². The summed E-state index contributed by atoms with van der Waals surface area (Å²) in [6.07, 6.45) is 9.87. The van der Waals surface area contributed by atoms with Gasteiger partial charge in [-0.15, -0.1) is 0 Å². The third kappa shape index (κ3) is 9.00. The third-order valence-electron chi connectivity index (χ3n) is 12.7. The smallest absolute Gasteiger partial charge is 0.225 e. The first kappa shape index (κ1) is 42.5. The van der Waals surface area contributed by atoms with Crippen LogP contribution < -0.4 is 16.4 Å². The Morgan fingerprint density at radius 2 is 2.00 bits per heavy atom. The largest absolute Gasteiger partial charge is 0.396 e. The van der Waals surface area contributed by atoms with Gasteiger partial charge in [0.25, 0.3) is 0 Å². The second-order valence-corrected chi connectivity index (χ2v) is 16.1. The summed E-state index contributed by atoms with van der Waals surface area (Å²) in [7, 11) is 0. The van der Waals surface area contributed by atoms with Crippen LogP contribution >= 0.6 is 0 Å². The van der Waals surface area contributed by atoms with E-state index in [0.29, 0.717) is 69.1 Å². The van der Waals surface area contributed by atoms with Gasteiger partial charge in [0.2, 0.25) is 5.91 Å². The van der Waals surface area contributed by atoms with E-state index in [2.05, 4.69) is 29.1 Å². The summed E-state index contributed by atoms with van der Waals surface area (Å²) < 4.78 is 6.07. The maximum atomic E-state index is 14.2. The minimum absolute atomic E-state index is 0.0595. The molecule has 0 aromatic heterocycles. The first-order chi connectivity index (χ1) is 26.2. The molecule has 2 saturated carbocycles. The molecule has 0 saturated heterocycles. The van der Waals surface area contributed by atoms with Gasteiger partial charge in [-0.3, -0.25) is 14.9 Å². The van der Waals surface area contributed by atoms with E-state index in [1.807, 2.05) is 57.2 Å². The predicted molar refractivity (Wildman–Crippen MR) is 214 cm³/mol. The maximum Gasteiger partial charge on any atom is 0.225 e. The average Bonchev–Trinajstić information content (AvgIpc) is 3.49. The van der Waals surface area contributed by atoms with Gasteiger partial charge in [-0.1, -0.05) is 79.0 Å². The Kier molecular flexibility index (Phi) is 14.0. The van der Waals surface area contributed by atoms with Crippen molar-refractivity contribution in [1.82, 2.24) is 10.6 Å². The van der Waals surface area contributed by atoms with E-state index in [1.165, 1.54) is 0 Å².